The van der Waals surface area contributed by atoms with Gasteiger partial charge in [0.25, 0.3) is 0 Å². The Morgan fingerprint density at radius 3 is 2.79 bits per heavy atom. The Balaban J connectivity index is 2.37. The third kappa shape index (κ3) is 4.98. The Hall–Kier alpha value is -1.43. The first kappa shape index (κ1) is 15.6. The molecule has 0 N–H and O–H groups in total. The fourth-order valence-electron chi connectivity index (χ4n) is 1.61. The fraction of sp³-hybridized carbons (Fsp3) is 0.615. The summed E-state index contributed by atoms with van der Waals surface area (Å²) in [5.74, 6) is -0.285. The topological polar surface area (TPSA) is 38.8 Å². The van der Waals surface area contributed by atoms with E-state index in [1.165, 1.54) is 13.2 Å². The third-order valence-corrected chi connectivity index (χ3v) is 2.66. The number of hydrogen-bond acceptors (Lipinski definition) is 4. The summed E-state index contributed by atoms with van der Waals surface area (Å²) in [6.45, 7) is 2.09. The summed E-state index contributed by atoms with van der Waals surface area (Å²) in [5, 5.41) is 0.462. The van der Waals surface area contributed by atoms with Gasteiger partial charge in [-0.1, -0.05) is 13.3 Å². The Morgan fingerprint density at radius 2 is 2.21 bits per heavy atom. The van der Waals surface area contributed by atoms with Crippen molar-refractivity contribution in [1.82, 2.24) is 5.06 Å². The van der Waals surface area contributed by atoms with Gasteiger partial charge in [-0.2, -0.15) is 13.8 Å². The van der Waals surface area contributed by atoms with E-state index in [-0.39, 0.29) is 19.0 Å². The van der Waals surface area contributed by atoms with Crippen LogP contribution in [-0.2, 0) is 14.4 Å². The molecule has 19 heavy (non-hydrogen) atoms. The number of carbonyl (C=O) groups is 1. The number of carbonyl (C=O) groups excluding carboxylic acids is 1. The van der Waals surface area contributed by atoms with Crippen LogP contribution in [0.3, 0.4) is 0 Å². The molecule has 108 valence electrons. The van der Waals surface area contributed by atoms with Crippen molar-refractivity contribution in [2.24, 2.45) is 0 Å². The van der Waals surface area contributed by atoms with Gasteiger partial charge in [-0.05, 0) is 18.1 Å². The van der Waals surface area contributed by atoms with Crippen LogP contribution >= 0.6 is 0 Å². The summed E-state index contributed by atoms with van der Waals surface area (Å²) in [6, 6.07) is -3.18. The normalized spacial score (nSPS) is 17.3. The number of esters is 1. The molecule has 0 aromatic heterocycles. The Kier molecular flexibility index (Phi) is 5.95. The maximum absolute atomic E-state index is 13.4. The van der Waals surface area contributed by atoms with Crippen molar-refractivity contribution >= 4 is 5.97 Å². The lowest BCUT2D eigenvalue weighted by Gasteiger charge is -2.28. The largest absolute Gasteiger partial charge is 0.465 e. The Bertz CT molecular complexity index is 367. The Morgan fingerprint density at radius 1 is 1.47 bits per heavy atom. The predicted molar refractivity (Wildman–Crippen MR) is 66.1 cm³/mol. The molecule has 0 atom stereocenters. The van der Waals surface area contributed by atoms with Gasteiger partial charge in [0.1, 0.15) is 0 Å². The number of ether oxygens (including phenoxy) is 1. The second-order valence-corrected chi connectivity index (χ2v) is 4.21. The molecule has 0 aliphatic carbocycles. The first-order chi connectivity index (χ1) is 8.99. The van der Waals surface area contributed by atoms with Crippen LogP contribution in [0.15, 0.2) is 23.9 Å². The van der Waals surface area contributed by atoms with Gasteiger partial charge in [-0.3, -0.25) is 9.63 Å². The van der Waals surface area contributed by atoms with E-state index < -0.39 is 6.05 Å². The van der Waals surface area contributed by atoms with E-state index in [9.17, 15) is 13.6 Å². The number of unbranched alkanes of at least 4 members (excludes halogenated alkanes) is 1. The van der Waals surface area contributed by atoms with Crippen LogP contribution in [-0.4, -0.2) is 30.8 Å². The lowest BCUT2D eigenvalue weighted by molar-refractivity contribution is -0.250. The van der Waals surface area contributed by atoms with Crippen LogP contribution in [0.4, 0.5) is 8.78 Å². The van der Waals surface area contributed by atoms with E-state index in [0.717, 1.165) is 25.1 Å². The molecule has 0 amide bonds. The highest BCUT2D eigenvalue weighted by Gasteiger charge is 2.35. The van der Waals surface area contributed by atoms with Crippen molar-refractivity contribution in [3.05, 3.63) is 23.9 Å². The van der Waals surface area contributed by atoms with Gasteiger partial charge in [0.05, 0.1) is 13.7 Å². The fourth-order valence-corrected chi connectivity index (χ4v) is 1.61. The highest BCUT2D eigenvalue weighted by molar-refractivity contribution is 5.69. The van der Waals surface area contributed by atoms with Crippen molar-refractivity contribution in [3.8, 4) is 0 Å². The molecule has 4 nitrogen and oxygen atoms in total. The molecule has 1 aliphatic rings. The zero-order chi connectivity index (χ0) is 14.3. The number of alkyl halides is 2. The Labute approximate surface area is 111 Å². The van der Waals surface area contributed by atoms with E-state index >= 15 is 0 Å². The van der Waals surface area contributed by atoms with Crippen LogP contribution in [0.2, 0.25) is 0 Å². The highest BCUT2D eigenvalue weighted by atomic mass is 19.3. The summed E-state index contributed by atoms with van der Waals surface area (Å²) in [5.41, 5.74) is 0.418. The molecule has 0 radical (unpaired) electrons. The molecule has 0 saturated carbocycles. The third-order valence-electron chi connectivity index (χ3n) is 2.66. The molecule has 6 heteroatoms. The van der Waals surface area contributed by atoms with Crippen LogP contribution in [0, 0.1) is 0 Å². The summed E-state index contributed by atoms with van der Waals surface area (Å²) in [6.07, 6.45) is 5.82. The quantitative estimate of drug-likeness (QED) is 0.529. The first-order valence-electron chi connectivity index (χ1n) is 6.26. The van der Waals surface area contributed by atoms with Gasteiger partial charge in [-0.15, -0.1) is 0 Å². The van der Waals surface area contributed by atoms with Gasteiger partial charge in [-0.25, -0.2) is 0 Å². The van der Waals surface area contributed by atoms with E-state index in [4.69, 9.17) is 4.74 Å². The minimum atomic E-state index is -3.18. The van der Waals surface area contributed by atoms with E-state index in [1.54, 1.807) is 0 Å². The first-order valence-corrected chi connectivity index (χ1v) is 6.26. The molecule has 1 aliphatic heterocycles. The number of rotatable bonds is 7. The molecule has 0 bridgehead atoms. The highest BCUT2D eigenvalue weighted by Crippen LogP contribution is 2.28. The minimum absolute atomic E-state index is 0.113. The van der Waals surface area contributed by atoms with E-state index in [1.807, 2.05) is 6.92 Å². The zero-order valence-electron chi connectivity index (χ0n) is 11.2. The average molecular weight is 275 g/mol. The number of hydrogen-bond donors (Lipinski definition) is 0. The van der Waals surface area contributed by atoms with Crippen LogP contribution in [0.25, 0.3) is 0 Å². The summed E-state index contributed by atoms with van der Waals surface area (Å²) >= 11 is 0. The van der Waals surface area contributed by atoms with E-state index in [2.05, 4.69) is 4.84 Å². The van der Waals surface area contributed by atoms with Crippen molar-refractivity contribution in [3.63, 3.8) is 0 Å². The summed E-state index contributed by atoms with van der Waals surface area (Å²) in [4.78, 5) is 15.7. The SMILES string of the molecule is CCCCC(=O)OCCC1=CC(F)(F)N(OC)C=C1. The maximum Gasteiger partial charge on any atom is 0.367 e. The lowest BCUT2D eigenvalue weighted by Crippen LogP contribution is -2.37. The number of allylic oxidation sites excluding steroid dienone is 1. The van der Waals surface area contributed by atoms with Gasteiger partial charge in [0.15, 0.2) is 0 Å². The molecule has 0 aromatic rings. The number of nitrogens with zero attached hydrogens (tertiary/aromatic N) is 1. The van der Waals surface area contributed by atoms with Gasteiger partial charge in [0, 0.05) is 25.1 Å². The van der Waals surface area contributed by atoms with Crippen LogP contribution in [0.1, 0.15) is 32.6 Å². The number of halogens is 2. The molecular weight excluding hydrogens is 256 g/mol. The maximum atomic E-state index is 13.4. The van der Waals surface area contributed by atoms with Crippen molar-refractivity contribution < 1.29 is 23.1 Å². The van der Waals surface area contributed by atoms with E-state index in [0.29, 0.717) is 17.1 Å². The van der Waals surface area contributed by atoms with Crippen molar-refractivity contribution in [2.45, 2.75) is 38.7 Å². The van der Waals surface area contributed by atoms with Crippen molar-refractivity contribution in [2.75, 3.05) is 13.7 Å². The van der Waals surface area contributed by atoms with Gasteiger partial charge in [0.2, 0.25) is 0 Å². The predicted octanol–water partition coefficient (Wildman–Crippen LogP) is 3.02. The molecule has 1 heterocycles. The van der Waals surface area contributed by atoms with Crippen molar-refractivity contribution in [1.29, 1.82) is 0 Å². The standard InChI is InChI=1S/C13H19F2NO3/c1-3-4-5-12(17)19-9-7-11-6-8-16(18-2)13(14,15)10-11/h6,8,10H,3-5,7,9H2,1-2H3. The monoisotopic (exact) mass is 275 g/mol. The van der Waals surface area contributed by atoms with Gasteiger partial charge < -0.3 is 4.74 Å². The second kappa shape index (κ2) is 7.23. The molecule has 0 saturated heterocycles. The second-order valence-electron chi connectivity index (χ2n) is 4.21. The smallest absolute Gasteiger partial charge is 0.367 e. The summed E-state index contributed by atoms with van der Waals surface area (Å²) < 4.78 is 31.8. The zero-order valence-corrected chi connectivity index (χ0v) is 11.2. The summed E-state index contributed by atoms with van der Waals surface area (Å²) in [7, 11) is 1.17. The van der Waals surface area contributed by atoms with Crippen LogP contribution < -0.4 is 0 Å². The van der Waals surface area contributed by atoms with Crippen LogP contribution in [0.5, 0.6) is 0 Å². The average Bonchev–Trinajstić information content (AvgIpc) is 2.35. The molecule has 0 aromatic carbocycles. The number of hydroxylamine groups is 2. The lowest BCUT2D eigenvalue weighted by atomic mass is 10.1. The molecular formula is C13H19F2NO3. The minimum Gasteiger partial charge on any atom is -0.465 e. The van der Waals surface area contributed by atoms with Gasteiger partial charge >= 0.3 is 12.0 Å². The molecule has 0 spiro atoms. The molecule has 0 fully saturated rings. The molecule has 1 rings (SSSR count). The molecule has 0 unspecified atom stereocenters.